The number of piperazine rings is 1. The lowest BCUT2D eigenvalue weighted by Gasteiger charge is -2.34. The van der Waals surface area contributed by atoms with Gasteiger partial charge in [0.2, 0.25) is 5.91 Å². The third-order valence-corrected chi connectivity index (χ3v) is 3.85. The smallest absolute Gasteiger partial charge is 0.264 e. The van der Waals surface area contributed by atoms with Crippen molar-refractivity contribution in [2.24, 2.45) is 7.05 Å². The molecule has 3 rings (SSSR count). The maximum Gasteiger partial charge on any atom is 0.264 e. The molecule has 0 saturated carbocycles. The number of nitrogens with zero attached hydrogens (tertiary/aromatic N) is 5. The normalized spacial score (nSPS) is 18.3. The van der Waals surface area contributed by atoms with Crippen molar-refractivity contribution in [1.29, 1.82) is 0 Å². The number of rotatable bonds is 2. The van der Waals surface area contributed by atoms with Gasteiger partial charge in [0.25, 0.3) is 5.56 Å². The Morgan fingerprint density at radius 3 is 3.00 bits per heavy atom. The Balaban J connectivity index is 0.00000176. The number of hydrogen-bond donors (Lipinski definition) is 1. The molecule has 0 bridgehead atoms. The Morgan fingerprint density at radius 1 is 1.50 bits per heavy atom. The van der Waals surface area contributed by atoms with Crippen molar-refractivity contribution >= 4 is 29.3 Å². The summed E-state index contributed by atoms with van der Waals surface area (Å²) >= 11 is 0. The van der Waals surface area contributed by atoms with E-state index in [1.165, 1.54) is 17.1 Å². The van der Waals surface area contributed by atoms with Crippen LogP contribution in [0.25, 0.3) is 11.0 Å². The van der Waals surface area contributed by atoms with E-state index in [2.05, 4.69) is 15.4 Å². The van der Waals surface area contributed by atoms with Crippen molar-refractivity contribution in [2.45, 2.75) is 19.5 Å². The average Bonchev–Trinajstić information content (AvgIpc) is 2.84. The minimum Gasteiger partial charge on any atom is -0.336 e. The Kier molecular flexibility index (Phi) is 4.82. The zero-order valence-electron chi connectivity index (χ0n) is 12.5. The standard InChI is InChI=1S/C13H18N6O2.ClH/c1-9-5-14-3-4-19(9)11(20)7-18-8-15-12-10(13(18)21)6-16-17(12)2;/h6,8-9,14H,3-5,7H2,1-2H3;1H/t9-;/m0./s1. The maximum atomic E-state index is 12.4. The molecule has 1 aliphatic rings. The molecular weight excluding hydrogens is 308 g/mol. The van der Waals surface area contributed by atoms with Gasteiger partial charge in [-0.05, 0) is 6.92 Å². The Labute approximate surface area is 133 Å². The van der Waals surface area contributed by atoms with Crippen LogP contribution in [0, 0.1) is 0 Å². The third kappa shape index (κ3) is 2.84. The van der Waals surface area contributed by atoms with Gasteiger partial charge in [0.15, 0.2) is 5.65 Å². The van der Waals surface area contributed by atoms with Gasteiger partial charge < -0.3 is 10.2 Å². The minimum absolute atomic E-state index is 0. The number of hydrogen-bond acceptors (Lipinski definition) is 5. The van der Waals surface area contributed by atoms with Crippen molar-refractivity contribution < 1.29 is 4.79 Å². The summed E-state index contributed by atoms with van der Waals surface area (Å²) in [6, 6.07) is 0.136. The lowest BCUT2D eigenvalue weighted by atomic mass is 10.2. The molecule has 1 aliphatic heterocycles. The van der Waals surface area contributed by atoms with Gasteiger partial charge in [0.1, 0.15) is 18.3 Å². The average molecular weight is 327 g/mol. The zero-order valence-corrected chi connectivity index (χ0v) is 13.3. The Hall–Kier alpha value is -1.93. The van der Waals surface area contributed by atoms with Crippen LogP contribution in [-0.4, -0.2) is 55.8 Å². The van der Waals surface area contributed by atoms with E-state index in [-0.39, 0.29) is 36.5 Å². The number of fused-ring (bicyclic) bond motifs is 1. The fraction of sp³-hybridized carbons (Fsp3) is 0.538. The fourth-order valence-electron chi connectivity index (χ4n) is 2.63. The van der Waals surface area contributed by atoms with E-state index in [0.717, 1.165) is 13.1 Å². The monoisotopic (exact) mass is 326 g/mol. The number of aryl methyl sites for hydroxylation is 1. The molecule has 120 valence electrons. The quantitative estimate of drug-likeness (QED) is 0.794. The van der Waals surface area contributed by atoms with Crippen molar-refractivity contribution in [2.75, 3.05) is 19.6 Å². The number of halogens is 1. The number of carbonyl (C=O) groups excluding carboxylic acids is 1. The van der Waals surface area contributed by atoms with Crippen LogP contribution in [0.15, 0.2) is 17.3 Å². The van der Waals surface area contributed by atoms with E-state index in [9.17, 15) is 9.59 Å². The van der Waals surface area contributed by atoms with Crippen LogP contribution < -0.4 is 10.9 Å². The number of carbonyl (C=O) groups is 1. The van der Waals surface area contributed by atoms with Gasteiger partial charge in [0, 0.05) is 32.7 Å². The van der Waals surface area contributed by atoms with Gasteiger partial charge in [-0.15, -0.1) is 12.4 Å². The van der Waals surface area contributed by atoms with Gasteiger partial charge in [-0.2, -0.15) is 5.10 Å². The van der Waals surface area contributed by atoms with Crippen molar-refractivity contribution in [3.05, 3.63) is 22.9 Å². The molecule has 1 N–H and O–H groups in total. The number of nitrogens with one attached hydrogen (secondary N) is 1. The van der Waals surface area contributed by atoms with Crippen LogP contribution in [-0.2, 0) is 18.4 Å². The molecule has 3 heterocycles. The molecule has 0 aromatic carbocycles. The van der Waals surface area contributed by atoms with Crippen LogP contribution in [0.5, 0.6) is 0 Å². The summed E-state index contributed by atoms with van der Waals surface area (Å²) in [4.78, 5) is 30.7. The molecule has 2 aromatic heterocycles. The van der Waals surface area contributed by atoms with Gasteiger partial charge in [0.05, 0.1) is 6.20 Å². The molecule has 0 spiro atoms. The van der Waals surface area contributed by atoms with Crippen LogP contribution in [0.3, 0.4) is 0 Å². The number of aromatic nitrogens is 4. The fourth-order valence-corrected chi connectivity index (χ4v) is 2.63. The molecule has 0 radical (unpaired) electrons. The van der Waals surface area contributed by atoms with Crippen LogP contribution in [0.1, 0.15) is 6.92 Å². The van der Waals surface area contributed by atoms with Crippen LogP contribution >= 0.6 is 12.4 Å². The zero-order chi connectivity index (χ0) is 15.0. The molecular formula is C13H19ClN6O2. The summed E-state index contributed by atoms with van der Waals surface area (Å²) in [6.07, 6.45) is 2.90. The highest BCUT2D eigenvalue weighted by atomic mass is 35.5. The summed E-state index contributed by atoms with van der Waals surface area (Å²) in [5.74, 6) is -0.0591. The van der Waals surface area contributed by atoms with Crippen molar-refractivity contribution in [3.63, 3.8) is 0 Å². The first-order valence-corrected chi connectivity index (χ1v) is 6.95. The first-order chi connectivity index (χ1) is 10.1. The van der Waals surface area contributed by atoms with Crippen molar-refractivity contribution in [3.8, 4) is 0 Å². The SMILES string of the molecule is C[C@H]1CNCCN1C(=O)Cn1cnc2c(cnn2C)c1=O.Cl. The van der Waals surface area contributed by atoms with Gasteiger partial charge >= 0.3 is 0 Å². The summed E-state index contributed by atoms with van der Waals surface area (Å²) in [6.45, 7) is 4.24. The summed E-state index contributed by atoms with van der Waals surface area (Å²) in [5.41, 5.74) is 0.295. The lowest BCUT2D eigenvalue weighted by Crippen LogP contribution is -2.53. The van der Waals surface area contributed by atoms with E-state index in [1.807, 2.05) is 6.92 Å². The third-order valence-electron chi connectivity index (χ3n) is 3.85. The van der Waals surface area contributed by atoms with E-state index < -0.39 is 0 Å². The van der Waals surface area contributed by atoms with Crippen LogP contribution in [0.4, 0.5) is 0 Å². The highest BCUT2D eigenvalue weighted by Crippen LogP contribution is 2.06. The first kappa shape index (κ1) is 16.4. The highest BCUT2D eigenvalue weighted by molar-refractivity contribution is 5.85. The topological polar surface area (TPSA) is 85.1 Å². The van der Waals surface area contributed by atoms with Crippen LogP contribution in [0.2, 0.25) is 0 Å². The number of amides is 1. The minimum atomic E-state index is -0.232. The maximum absolute atomic E-state index is 12.4. The second kappa shape index (κ2) is 6.45. The Bertz CT molecular complexity index is 740. The predicted octanol–water partition coefficient (Wildman–Crippen LogP) is -0.628. The molecule has 22 heavy (non-hydrogen) atoms. The first-order valence-electron chi connectivity index (χ1n) is 6.95. The molecule has 0 unspecified atom stereocenters. The molecule has 0 aliphatic carbocycles. The van der Waals surface area contributed by atoms with Gasteiger partial charge in [-0.25, -0.2) is 4.98 Å². The largest absolute Gasteiger partial charge is 0.336 e. The van der Waals surface area contributed by atoms with E-state index in [1.54, 1.807) is 16.6 Å². The Morgan fingerprint density at radius 2 is 2.27 bits per heavy atom. The molecule has 8 nitrogen and oxygen atoms in total. The van der Waals surface area contributed by atoms with Gasteiger partial charge in [-0.1, -0.05) is 0 Å². The van der Waals surface area contributed by atoms with E-state index in [0.29, 0.717) is 17.6 Å². The molecule has 1 amide bonds. The summed E-state index contributed by atoms with van der Waals surface area (Å²) < 4.78 is 2.89. The molecule has 9 heteroatoms. The van der Waals surface area contributed by atoms with Gasteiger partial charge in [-0.3, -0.25) is 18.8 Å². The highest BCUT2D eigenvalue weighted by Gasteiger charge is 2.23. The molecule has 1 saturated heterocycles. The van der Waals surface area contributed by atoms with E-state index >= 15 is 0 Å². The van der Waals surface area contributed by atoms with Crippen molar-refractivity contribution in [1.82, 2.24) is 29.5 Å². The molecule has 2 aromatic rings. The summed E-state index contributed by atoms with van der Waals surface area (Å²) in [7, 11) is 1.73. The predicted molar refractivity (Wildman–Crippen MR) is 84.1 cm³/mol. The second-order valence-electron chi connectivity index (χ2n) is 5.32. The van der Waals surface area contributed by atoms with E-state index in [4.69, 9.17) is 0 Å². The second-order valence-corrected chi connectivity index (χ2v) is 5.32. The molecule has 1 fully saturated rings. The molecule has 1 atom stereocenters. The summed E-state index contributed by atoms with van der Waals surface area (Å²) in [5, 5.41) is 7.68. The lowest BCUT2D eigenvalue weighted by molar-refractivity contribution is -0.134.